The minimum absolute atomic E-state index is 0.144. The molecule has 0 fully saturated rings. The molecule has 0 aliphatic heterocycles. The van der Waals surface area contributed by atoms with Gasteiger partial charge in [0.25, 0.3) is 0 Å². The van der Waals surface area contributed by atoms with Gasteiger partial charge in [0.15, 0.2) is 11.5 Å². The molecule has 0 atom stereocenters. The molecule has 0 aromatic heterocycles. The Labute approximate surface area is 111 Å². The zero-order valence-electron chi connectivity index (χ0n) is 9.93. The van der Waals surface area contributed by atoms with Gasteiger partial charge in [0, 0.05) is 10.6 Å². The molecule has 2 nitrogen and oxygen atoms in total. The molecule has 3 heteroatoms. The van der Waals surface area contributed by atoms with E-state index in [1.807, 2.05) is 48.6 Å². The van der Waals surface area contributed by atoms with Crippen molar-refractivity contribution in [2.24, 2.45) is 0 Å². The third kappa shape index (κ3) is 2.84. The number of para-hydroxylation sites is 1. The van der Waals surface area contributed by atoms with Crippen molar-refractivity contribution in [3.05, 3.63) is 58.6 Å². The Morgan fingerprint density at radius 3 is 2.44 bits per heavy atom. The lowest BCUT2D eigenvalue weighted by atomic mass is 10.1. The van der Waals surface area contributed by atoms with Crippen LogP contribution in [0.15, 0.2) is 42.5 Å². The predicted molar refractivity (Wildman–Crippen MR) is 75.0 cm³/mol. The number of ether oxygens (including phenoxy) is 1. The first-order valence-electron chi connectivity index (χ1n) is 5.50. The molecule has 0 aliphatic rings. The van der Waals surface area contributed by atoms with Gasteiger partial charge in [-0.2, -0.15) is 0 Å². The summed E-state index contributed by atoms with van der Waals surface area (Å²) in [6.45, 7) is 0. The number of hydrogen-bond donors (Lipinski definition) is 1. The van der Waals surface area contributed by atoms with Crippen LogP contribution in [0.3, 0.4) is 0 Å². The number of methoxy groups -OCH3 is 1. The highest BCUT2D eigenvalue weighted by atomic mass is 35.5. The van der Waals surface area contributed by atoms with Crippen LogP contribution in [0.2, 0.25) is 5.02 Å². The predicted octanol–water partition coefficient (Wildman–Crippen LogP) is 4.22. The Bertz CT molecular complexity index is 559. The van der Waals surface area contributed by atoms with Crippen LogP contribution in [0.5, 0.6) is 11.5 Å². The van der Waals surface area contributed by atoms with Gasteiger partial charge in [-0.25, -0.2) is 0 Å². The minimum atomic E-state index is 0.144. The van der Waals surface area contributed by atoms with Crippen LogP contribution in [-0.2, 0) is 0 Å². The van der Waals surface area contributed by atoms with E-state index in [9.17, 15) is 5.11 Å². The zero-order valence-corrected chi connectivity index (χ0v) is 10.7. The summed E-state index contributed by atoms with van der Waals surface area (Å²) >= 11 is 5.81. The molecule has 0 spiro atoms. The maximum atomic E-state index is 9.91. The van der Waals surface area contributed by atoms with Crippen molar-refractivity contribution in [2.45, 2.75) is 0 Å². The van der Waals surface area contributed by atoms with E-state index in [4.69, 9.17) is 16.3 Å². The van der Waals surface area contributed by atoms with E-state index in [2.05, 4.69) is 0 Å². The second-order valence-electron chi connectivity index (χ2n) is 3.78. The topological polar surface area (TPSA) is 29.5 Å². The summed E-state index contributed by atoms with van der Waals surface area (Å²) < 4.78 is 5.05. The molecule has 0 saturated heterocycles. The highest BCUT2D eigenvalue weighted by Crippen LogP contribution is 2.30. The molecule has 0 aliphatic carbocycles. The standard InChI is InChI=1S/C15H13ClO2/c1-18-14-4-2-3-12(15(14)17)8-5-11-6-9-13(16)10-7-11/h2-10,17H,1H3/b8-5+. The average molecular weight is 261 g/mol. The molecule has 0 bridgehead atoms. The van der Waals surface area contributed by atoms with Gasteiger partial charge >= 0.3 is 0 Å². The number of rotatable bonds is 3. The molecule has 92 valence electrons. The number of halogens is 1. The zero-order chi connectivity index (χ0) is 13.0. The SMILES string of the molecule is COc1cccc(/C=C/c2ccc(Cl)cc2)c1O. The van der Waals surface area contributed by atoms with Gasteiger partial charge in [-0.1, -0.05) is 48.0 Å². The maximum absolute atomic E-state index is 9.91. The summed E-state index contributed by atoms with van der Waals surface area (Å²) in [5.41, 5.74) is 1.73. The van der Waals surface area contributed by atoms with Crippen molar-refractivity contribution >= 4 is 23.8 Å². The van der Waals surface area contributed by atoms with Gasteiger partial charge in [0.1, 0.15) is 0 Å². The Morgan fingerprint density at radius 2 is 1.78 bits per heavy atom. The van der Waals surface area contributed by atoms with Gasteiger partial charge in [-0.05, 0) is 23.8 Å². The van der Waals surface area contributed by atoms with Crippen LogP contribution in [0.25, 0.3) is 12.2 Å². The molecular weight excluding hydrogens is 248 g/mol. The first-order valence-corrected chi connectivity index (χ1v) is 5.88. The second-order valence-corrected chi connectivity index (χ2v) is 4.22. The Morgan fingerprint density at radius 1 is 1.06 bits per heavy atom. The minimum Gasteiger partial charge on any atom is -0.504 e. The quantitative estimate of drug-likeness (QED) is 0.837. The lowest BCUT2D eigenvalue weighted by molar-refractivity contribution is 0.373. The Balaban J connectivity index is 2.26. The summed E-state index contributed by atoms with van der Waals surface area (Å²) in [7, 11) is 1.53. The van der Waals surface area contributed by atoms with Crippen LogP contribution in [-0.4, -0.2) is 12.2 Å². The van der Waals surface area contributed by atoms with E-state index in [1.54, 1.807) is 6.07 Å². The van der Waals surface area contributed by atoms with Crippen molar-refractivity contribution in [3.63, 3.8) is 0 Å². The second kappa shape index (κ2) is 5.61. The Kier molecular flexibility index (Phi) is 3.90. The number of phenolic OH excluding ortho intramolecular Hbond substituents is 1. The molecule has 0 heterocycles. The highest BCUT2D eigenvalue weighted by molar-refractivity contribution is 6.30. The van der Waals surface area contributed by atoms with E-state index in [0.717, 1.165) is 5.56 Å². The molecular formula is C15H13ClO2. The highest BCUT2D eigenvalue weighted by Gasteiger charge is 2.03. The molecule has 2 rings (SSSR count). The van der Waals surface area contributed by atoms with E-state index < -0.39 is 0 Å². The molecule has 0 radical (unpaired) electrons. The molecule has 0 saturated carbocycles. The average Bonchev–Trinajstić information content (AvgIpc) is 2.39. The van der Waals surface area contributed by atoms with Crippen molar-refractivity contribution in [2.75, 3.05) is 7.11 Å². The van der Waals surface area contributed by atoms with Crippen LogP contribution in [0.4, 0.5) is 0 Å². The van der Waals surface area contributed by atoms with E-state index in [0.29, 0.717) is 16.3 Å². The monoisotopic (exact) mass is 260 g/mol. The van der Waals surface area contributed by atoms with Gasteiger partial charge in [-0.3, -0.25) is 0 Å². The molecule has 1 N–H and O–H groups in total. The smallest absolute Gasteiger partial charge is 0.165 e. The van der Waals surface area contributed by atoms with E-state index in [1.165, 1.54) is 7.11 Å². The van der Waals surface area contributed by atoms with Gasteiger partial charge < -0.3 is 9.84 Å². The molecule has 0 unspecified atom stereocenters. The lowest BCUT2D eigenvalue weighted by Gasteiger charge is -2.05. The van der Waals surface area contributed by atoms with Gasteiger partial charge in [0.2, 0.25) is 0 Å². The van der Waals surface area contributed by atoms with Crippen LogP contribution < -0.4 is 4.74 Å². The van der Waals surface area contributed by atoms with Gasteiger partial charge in [0.05, 0.1) is 7.11 Å². The van der Waals surface area contributed by atoms with Crippen molar-refractivity contribution in [3.8, 4) is 11.5 Å². The van der Waals surface area contributed by atoms with E-state index in [-0.39, 0.29) is 5.75 Å². The van der Waals surface area contributed by atoms with Crippen LogP contribution >= 0.6 is 11.6 Å². The number of benzene rings is 2. The third-order valence-electron chi connectivity index (χ3n) is 2.58. The van der Waals surface area contributed by atoms with Crippen molar-refractivity contribution < 1.29 is 9.84 Å². The lowest BCUT2D eigenvalue weighted by Crippen LogP contribution is -1.84. The van der Waals surface area contributed by atoms with Gasteiger partial charge in [-0.15, -0.1) is 0 Å². The maximum Gasteiger partial charge on any atom is 0.165 e. The molecule has 0 amide bonds. The fraction of sp³-hybridized carbons (Fsp3) is 0.0667. The molecule has 2 aromatic carbocycles. The normalized spacial score (nSPS) is 10.8. The Hall–Kier alpha value is -1.93. The number of hydrogen-bond acceptors (Lipinski definition) is 2. The fourth-order valence-corrected chi connectivity index (χ4v) is 1.72. The molecule has 2 aromatic rings. The number of aromatic hydroxyl groups is 1. The largest absolute Gasteiger partial charge is 0.504 e. The summed E-state index contributed by atoms with van der Waals surface area (Å²) in [6.07, 6.45) is 3.74. The van der Waals surface area contributed by atoms with Crippen LogP contribution in [0, 0.1) is 0 Å². The number of phenols is 1. The van der Waals surface area contributed by atoms with Crippen molar-refractivity contribution in [1.82, 2.24) is 0 Å². The third-order valence-corrected chi connectivity index (χ3v) is 2.83. The summed E-state index contributed by atoms with van der Waals surface area (Å²) in [4.78, 5) is 0. The van der Waals surface area contributed by atoms with Crippen LogP contribution in [0.1, 0.15) is 11.1 Å². The molecule has 18 heavy (non-hydrogen) atoms. The summed E-state index contributed by atoms with van der Waals surface area (Å²) in [6, 6.07) is 12.9. The van der Waals surface area contributed by atoms with Crippen molar-refractivity contribution in [1.29, 1.82) is 0 Å². The summed E-state index contributed by atoms with van der Waals surface area (Å²) in [5.74, 6) is 0.610. The fourth-order valence-electron chi connectivity index (χ4n) is 1.60. The summed E-state index contributed by atoms with van der Waals surface area (Å²) in [5, 5.41) is 10.6. The first-order chi connectivity index (χ1) is 8.70. The van der Waals surface area contributed by atoms with E-state index >= 15 is 0 Å². The first kappa shape index (κ1) is 12.5.